The lowest BCUT2D eigenvalue weighted by molar-refractivity contribution is -0.136. The van der Waals surface area contributed by atoms with E-state index < -0.39 is 0 Å². The van der Waals surface area contributed by atoms with Gasteiger partial charge in [-0.1, -0.05) is 133 Å². The van der Waals surface area contributed by atoms with E-state index >= 15 is 0 Å². The van der Waals surface area contributed by atoms with Crippen molar-refractivity contribution in [2.45, 2.75) is 96.3 Å². The number of carbonyl (C=O) groups excluding carboxylic acids is 1. The van der Waals surface area contributed by atoms with Gasteiger partial charge in [-0.05, 0) is 24.1 Å². The Balaban J connectivity index is 1.66. The predicted molar refractivity (Wildman–Crippen MR) is 127 cm³/mol. The summed E-state index contributed by atoms with van der Waals surface area (Å²) in [6.45, 7) is 2.27. The van der Waals surface area contributed by atoms with E-state index in [1.807, 2.05) is 60.7 Å². The van der Waals surface area contributed by atoms with Gasteiger partial charge in [0, 0.05) is 0 Å². The van der Waals surface area contributed by atoms with Crippen LogP contribution in [-0.2, 0) is 4.79 Å². The molecule has 0 aliphatic carbocycles. The second kappa shape index (κ2) is 15.7. The molecule has 2 aromatic rings. The lowest BCUT2D eigenvalue weighted by Crippen LogP contribution is -2.19. The molecule has 2 rings (SSSR count). The fourth-order valence-electron chi connectivity index (χ4n) is 3.97. The highest BCUT2D eigenvalue weighted by Gasteiger charge is 2.22. The van der Waals surface area contributed by atoms with Crippen LogP contribution in [0.5, 0.6) is 5.75 Å². The van der Waals surface area contributed by atoms with Gasteiger partial charge < -0.3 is 4.74 Å². The molecule has 1 unspecified atom stereocenters. The molecule has 164 valence electrons. The number of ether oxygens (including phenoxy) is 1. The molecule has 0 heterocycles. The van der Waals surface area contributed by atoms with Crippen LogP contribution >= 0.6 is 0 Å². The standard InChI is InChI=1S/C28H40O2/c1-2-3-4-5-6-7-8-9-10-11-12-19-24-27(25-20-15-13-16-21-25)28(29)30-26-22-17-14-18-23-26/h13-18,20-23,27H,2-12,19,24H2,1H3. The maximum atomic E-state index is 12.8. The minimum Gasteiger partial charge on any atom is -0.426 e. The van der Waals surface area contributed by atoms with Crippen LogP contribution in [0.25, 0.3) is 0 Å². The van der Waals surface area contributed by atoms with Crippen LogP contribution in [0.1, 0.15) is 102 Å². The zero-order chi connectivity index (χ0) is 21.3. The van der Waals surface area contributed by atoms with Gasteiger partial charge >= 0.3 is 5.97 Å². The largest absolute Gasteiger partial charge is 0.426 e. The summed E-state index contributed by atoms with van der Waals surface area (Å²) in [7, 11) is 0. The molecule has 0 amide bonds. The summed E-state index contributed by atoms with van der Waals surface area (Å²) < 4.78 is 5.65. The molecule has 0 aliphatic heterocycles. The van der Waals surface area contributed by atoms with Crippen LogP contribution in [0.4, 0.5) is 0 Å². The summed E-state index contributed by atoms with van der Waals surface area (Å²) >= 11 is 0. The lowest BCUT2D eigenvalue weighted by atomic mass is 9.93. The van der Waals surface area contributed by atoms with Gasteiger partial charge in [-0.15, -0.1) is 0 Å². The fraction of sp³-hybridized carbons (Fsp3) is 0.536. The summed E-state index contributed by atoms with van der Waals surface area (Å²) in [4.78, 5) is 12.8. The Hall–Kier alpha value is -2.09. The monoisotopic (exact) mass is 408 g/mol. The van der Waals surface area contributed by atoms with Gasteiger partial charge in [-0.25, -0.2) is 0 Å². The maximum absolute atomic E-state index is 12.8. The van der Waals surface area contributed by atoms with Crippen molar-refractivity contribution < 1.29 is 9.53 Å². The molecule has 1 atom stereocenters. The number of hydrogen-bond acceptors (Lipinski definition) is 2. The van der Waals surface area contributed by atoms with Crippen molar-refractivity contribution >= 4 is 5.97 Å². The van der Waals surface area contributed by atoms with Crippen LogP contribution in [0.3, 0.4) is 0 Å². The Morgan fingerprint density at radius 3 is 1.67 bits per heavy atom. The molecular weight excluding hydrogens is 368 g/mol. The molecular formula is C28H40O2. The zero-order valence-corrected chi connectivity index (χ0v) is 18.9. The highest BCUT2D eigenvalue weighted by atomic mass is 16.5. The van der Waals surface area contributed by atoms with Crippen molar-refractivity contribution in [2.24, 2.45) is 0 Å². The number of hydrogen-bond donors (Lipinski definition) is 0. The first kappa shape index (κ1) is 24.2. The number of benzene rings is 2. The van der Waals surface area contributed by atoms with E-state index in [9.17, 15) is 4.79 Å². The molecule has 2 nitrogen and oxygen atoms in total. The zero-order valence-electron chi connectivity index (χ0n) is 18.9. The molecule has 0 spiro atoms. The molecule has 0 aromatic heterocycles. The Kier molecular flexibility index (Phi) is 12.7. The Morgan fingerprint density at radius 1 is 0.667 bits per heavy atom. The van der Waals surface area contributed by atoms with E-state index in [1.165, 1.54) is 70.6 Å². The first-order chi connectivity index (χ1) is 14.8. The third-order valence-corrected chi connectivity index (χ3v) is 5.79. The normalized spacial score (nSPS) is 11.9. The third-order valence-electron chi connectivity index (χ3n) is 5.79. The number of esters is 1. The van der Waals surface area contributed by atoms with Crippen molar-refractivity contribution in [2.75, 3.05) is 0 Å². The predicted octanol–water partition coefficient (Wildman–Crippen LogP) is 8.47. The molecule has 0 radical (unpaired) electrons. The van der Waals surface area contributed by atoms with Crippen molar-refractivity contribution in [3.63, 3.8) is 0 Å². The molecule has 0 N–H and O–H groups in total. The molecule has 0 saturated carbocycles. The SMILES string of the molecule is CCCCCCCCCCCCCCC(C(=O)Oc1ccccc1)c1ccccc1. The first-order valence-corrected chi connectivity index (χ1v) is 12.1. The van der Waals surface area contributed by atoms with Crippen molar-refractivity contribution in [3.05, 3.63) is 66.2 Å². The maximum Gasteiger partial charge on any atom is 0.318 e. The van der Waals surface area contributed by atoms with E-state index in [4.69, 9.17) is 4.74 Å². The average molecular weight is 409 g/mol. The van der Waals surface area contributed by atoms with Crippen LogP contribution in [0.2, 0.25) is 0 Å². The smallest absolute Gasteiger partial charge is 0.318 e. The average Bonchev–Trinajstić information content (AvgIpc) is 2.78. The first-order valence-electron chi connectivity index (χ1n) is 12.1. The molecule has 0 bridgehead atoms. The van der Waals surface area contributed by atoms with Crippen LogP contribution < -0.4 is 4.74 Å². The Bertz CT molecular complexity index is 666. The molecule has 0 fully saturated rings. The van der Waals surface area contributed by atoms with Crippen molar-refractivity contribution in [3.8, 4) is 5.75 Å². The van der Waals surface area contributed by atoms with E-state index in [0.717, 1.165) is 18.4 Å². The number of unbranched alkanes of at least 4 members (excludes halogenated alkanes) is 11. The van der Waals surface area contributed by atoms with E-state index in [1.54, 1.807) is 0 Å². The van der Waals surface area contributed by atoms with Gasteiger partial charge in [-0.3, -0.25) is 4.79 Å². The van der Waals surface area contributed by atoms with Crippen LogP contribution in [-0.4, -0.2) is 5.97 Å². The number of carbonyl (C=O) groups is 1. The van der Waals surface area contributed by atoms with Gasteiger partial charge in [0.1, 0.15) is 5.75 Å². The van der Waals surface area contributed by atoms with Crippen LogP contribution in [0, 0.1) is 0 Å². The second-order valence-electron chi connectivity index (χ2n) is 8.38. The summed E-state index contributed by atoms with van der Waals surface area (Å²) in [6.07, 6.45) is 16.8. The minimum absolute atomic E-state index is 0.143. The summed E-state index contributed by atoms with van der Waals surface area (Å²) in [5.41, 5.74) is 1.06. The van der Waals surface area contributed by atoms with E-state index in [0.29, 0.717) is 5.75 Å². The molecule has 2 heteroatoms. The van der Waals surface area contributed by atoms with Crippen molar-refractivity contribution in [1.29, 1.82) is 0 Å². The Morgan fingerprint density at radius 2 is 1.13 bits per heavy atom. The summed E-state index contributed by atoms with van der Waals surface area (Å²) in [5.74, 6) is 0.295. The molecule has 0 saturated heterocycles. The molecule has 0 aliphatic rings. The minimum atomic E-state index is -0.186. The van der Waals surface area contributed by atoms with E-state index in [-0.39, 0.29) is 11.9 Å². The topological polar surface area (TPSA) is 26.3 Å². The Labute approximate surface area is 184 Å². The van der Waals surface area contributed by atoms with Gasteiger partial charge in [0.2, 0.25) is 0 Å². The number of para-hydroxylation sites is 1. The molecule has 30 heavy (non-hydrogen) atoms. The van der Waals surface area contributed by atoms with Gasteiger partial charge in [0.05, 0.1) is 5.92 Å². The fourth-order valence-corrected chi connectivity index (χ4v) is 3.97. The highest BCUT2D eigenvalue weighted by Crippen LogP contribution is 2.25. The third kappa shape index (κ3) is 10.1. The molecule has 2 aromatic carbocycles. The second-order valence-corrected chi connectivity index (χ2v) is 8.38. The van der Waals surface area contributed by atoms with Crippen LogP contribution in [0.15, 0.2) is 60.7 Å². The van der Waals surface area contributed by atoms with Gasteiger partial charge in [0.25, 0.3) is 0 Å². The number of rotatable bonds is 16. The van der Waals surface area contributed by atoms with E-state index in [2.05, 4.69) is 6.92 Å². The summed E-state index contributed by atoms with van der Waals surface area (Å²) in [6, 6.07) is 19.5. The lowest BCUT2D eigenvalue weighted by Gasteiger charge is -2.16. The van der Waals surface area contributed by atoms with Crippen molar-refractivity contribution in [1.82, 2.24) is 0 Å². The highest BCUT2D eigenvalue weighted by molar-refractivity contribution is 5.80. The van der Waals surface area contributed by atoms with Gasteiger partial charge in [-0.2, -0.15) is 0 Å². The quantitative estimate of drug-likeness (QED) is 0.158. The summed E-state index contributed by atoms with van der Waals surface area (Å²) in [5, 5.41) is 0. The van der Waals surface area contributed by atoms with Gasteiger partial charge in [0.15, 0.2) is 0 Å².